The molecular formula is C16H23NO2. The molecule has 3 heteroatoms. The number of ether oxygens (including phenoxy) is 2. The van der Waals surface area contributed by atoms with E-state index >= 15 is 0 Å². The molecule has 3 unspecified atom stereocenters. The van der Waals surface area contributed by atoms with E-state index in [9.17, 15) is 0 Å². The Morgan fingerprint density at radius 2 is 2.05 bits per heavy atom. The second kappa shape index (κ2) is 5.32. The molecule has 0 heterocycles. The molecule has 19 heavy (non-hydrogen) atoms. The molecule has 0 aromatic heterocycles. The van der Waals surface area contributed by atoms with Crippen LogP contribution in [0.5, 0.6) is 11.5 Å². The summed E-state index contributed by atoms with van der Waals surface area (Å²) in [6.45, 7) is 1.07. The quantitative estimate of drug-likeness (QED) is 0.879. The molecule has 2 aliphatic carbocycles. The minimum absolute atomic E-state index is 0.835. The van der Waals surface area contributed by atoms with Gasteiger partial charge in [0.15, 0.2) is 0 Å². The van der Waals surface area contributed by atoms with Crippen molar-refractivity contribution in [1.29, 1.82) is 0 Å². The van der Waals surface area contributed by atoms with E-state index in [1.165, 1.54) is 25.7 Å². The number of benzene rings is 1. The van der Waals surface area contributed by atoms with Crippen LogP contribution in [0.1, 0.15) is 25.7 Å². The first kappa shape index (κ1) is 12.6. The van der Waals surface area contributed by atoms with Crippen LogP contribution in [0.3, 0.4) is 0 Å². The zero-order valence-electron chi connectivity index (χ0n) is 11.8. The Balaban J connectivity index is 1.63. The van der Waals surface area contributed by atoms with Crippen LogP contribution in [0.15, 0.2) is 18.2 Å². The lowest BCUT2D eigenvalue weighted by Crippen LogP contribution is -2.20. The summed E-state index contributed by atoms with van der Waals surface area (Å²) in [5, 5.41) is 3.56. The van der Waals surface area contributed by atoms with Crippen molar-refractivity contribution in [1.82, 2.24) is 0 Å². The van der Waals surface area contributed by atoms with E-state index in [4.69, 9.17) is 9.47 Å². The molecule has 104 valence electrons. The first-order chi connectivity index (χ1) is 9.30. The van der Waals surface area contributed by atoms with Crippen LogP contribution in [-0.2, 0) is 0 Å². The van der Waals surface area contributed by atoms with Gasteiger partial charge in [0.1, 0.15) is 11.5 Å². The average molecular weight is 261 g/mol. The third-order valence-corrected chi connectivity index (χ3v) is 4.85. The SMILES string of the molecule is COc1ccc(NCC2CC3CCC2C3)c(OC)c1. The van der Waals surface area contributed by atoms with E-state index in [2.05, 4.69) is 5.32 Å². The van der Waals surface area contributed by atoms with E-state index in [-0.39, 0.29) is 0 Å². The molecular weight excluding hydrogens is 238 g/mol. The second-order valence-corrected chi connectivity index (χ2v) is 5.88. The Hall–Kier alpha value is -1.38. The minimum Gasteiger partial charge on any atom is -0.497 e. The van der Waals surface area contributed by atoms with E-state index in [0.29, 0.717) is 0 Å². The fourth-order valence-electron chi connectivity index (χ4n) is 3.81. The molecule has 0 spiro atoms. The van der Waals surface area contributed by atoms with Crippen molar-refractivity contribution in [2.45, 2.75) is 25.7 Å². The van der Waals surface area contributed by atoms with Crippen molar-refractivity contribution in [2.75, 3.05) is 26.1 Å². The molecule has 2 fully saturated rings. The van der Waals surface area contributed by atoms with Crippen LogP contribution in [-0.4, -0.2) is 20.8 Å². The molecule has 2 bridgehead atoms. The van der Waals surface area contributed by atoms with E-state index in [1.54, 1.807) is 14.2 Å². The van der Waals surface area contributed by atoms with Gasteiger partial charge >= 0.3 is 0 Å². The van der Waals surface area contributed by atoms with Crippen LogP contribution in [0.25, 0.3) is 0 Å². The minimum atomic E-state index is 0.835. The molecule has 0 aliphatic heterocycles. The Bertz CT molecular complexity index is 446. The summed E-state index contributed by atoms with van der Waals surface area (Å²) in [5.41, 5.74) is 1.08. The van der Waals surface area contributed by atoms with Crippen molar-refractivity contribution in [3.8, 4) is 11.5 Å². The van der Waals surface area contributed by atoms with Crippen LogP contribution >= 0.6 is 0 Å². The third-order valence-electron chi connectivity index (χ3n) is 4.85. The molecule has 2 saturated carbocycles. The normalized spacial score (nSPS) is 28.4. The summed E-state index contributed by atoms with van der Waals surface area (Å²) in [4.78, 5) is 0. The van der Waals surface area contributed by atoms with Gasteiger partial charge in [-0.3, -0.25) is 0 Å². The first-order valence-electron chi connectivity index (χ1n) is 7.26. The van der Waals surface area contributed by atoms with Crippen molar-refractivity contribution >= 4 is 5.69 Å². The monoisotopic (exact) mass is 261 g/mol. The van der Waals surface area contributed by atoms with Gasteiger partial charge in [0.2, 0.25) is 0 Å². The largest absolute Gasteiger partial charge is 0.497 e. The smallest absolute Gasteiger partial charge is 0.145 e. The van der Waals surface area contributed by atoms with E-state index in [1.807, 2.05) is 18.2 Å². The van der Waals surface area contributed by atoms with Crippen molar-refractivity contribution < 1.29 is 9.47 Å². The van der Waals surface area contributed by atoms with Crippen molar-refractivity contribution in [3.05, 3.63) is 18.2 Å². The molecule has 0 amide bonds. The summed E-state index contributed by atoms with van der Waals surface area (Å²) in [5.74, 6) is 4.52. The zero-order valence-corrected chi connectivity index (χ0v) is 11.8. The molecule has 1 N–H and O–H groups in total. The predicted molar refractivity (Wildman–Crippen MR) is 77.0 cm³/mol. The second-order valence-electron chi connectivity index (χ2n) is 5.88. The molecule has 0 radical (unpaired) electrons. The molecule has 1 aromatic carbocycles. The van der Waals surface area contributed by atoms with Gasteiger partial charge in [0, 0.05) is 12.6 Å². The number of hydrogen-bond acceptors (Lipinski definition) is 3. The highest BCUT2D eigenvalue weighted by atomic mass is 16.5. The molecule has 3 nitrogen and oxygen atoms in total. The molecule has 3 rings (SSSR count). The van der Waals surface area contributed by atoms with Crippen LogP contribution in [0.2, 0.25) is 0 Å². The van der Waals surface area contributed by atoms with E-state index in [0.717, 1.165) is 41.5 Å². The highest BCUT2D eigenvalue weighted by molar-refractivity contribution is 5.59. The molecule has 2 aliphatic rings. The zero-order chi connectivity index (χ0) is 13.2. The Kier molecular flexibility index (Phi) is 3.54. The summed E-state index contributed by atoms with van der Waals surface area (Å²) in [6.07, 6.45) is 5.78. The molecule has 3 atom stereocenters. The van der Waals surface area contributed by atoms with Crippen LogP contribution < -0.4 is 14.8 Å². The lowest BCUT2D eigenvalue weighted by atomic mass is 9.89. The Morgan fingerprint density at radius 1 is 1.16 bits per heavy atom. The van der Waals surface area contributed by atoms with Gasteiger partial charge in [0.25, 0.3) is 0 Å². The van der Waals surface area contributed by atoms with Gasteiger partial charge in [-0.1, -0.05) is 6.42 Å². The lowest BCUT2D eigenvalue weighted by molar-refractivity contribution is 0.347. The fraction of sp³-hybridized carbons (Fsp3) is 0.625. The number of methoxy groups -OCH3 is 2. The van der Waals surface area contributed by atoms with Crippen LogP contribution in [0, 0.1) is 17.8 Å². The number of fused-ring (bicyclic) bond motifs is 2. The predicted octanol–water partition coefficient (Wildman–Crippen LogP) is 3.55. The maximum Gasteiger partial charge on any atom is 0.145 e. The average Bonchev–Trinajstić information content (AvgIpc) is 3.07. The van der Waals surface area contributed by atoms with Gasteiger partial charge in [-0.2, -0.15) is 0 Å². The van der Waals surface area contributed by atoms with Crippen molar-refractivity contribution in [2.24, 2.45) is 17.8 Å². The Morgan fingerprint density at radius 3 is 2.68 bits per heavy atom. The van der Waals surface area contributed by atoms with Crippen LogP contribution in [0.4, 0.5) is 5.69 Å². The Labute approximate surface area is 115 Å². The van der Waals surface area contributed by atoms with E-state index < -0.39 is 0 Å². The lowest BCUT2D eigenvalue weighted by Gasteiger charge is -2.23. The standard InChI is InChI=1S/C16H23NO2/c1-18-14-5-6-15(16(9-14)19-2)17-10-13-8-11-3-4-12(13)7-11/h5-6,9,11-13,17H,3-4,7-8,10H2,1-2H3. The fourth-order valence-corrected chi connectivity index (χ4v) is 3.81. The summed E-state index contributed by atoms with van der Waals surface area (Å²) < 4.78 is 10.6. The van der Waals surface area contributed by atoms with Gasteiger partial charge in [0.05, 0.1) is 19.9 Å². The number of anilines is 1. The number of hydrogen-bond donors (Lipinski definition) is 1. The number of rotatable bonds is 5. The molecule has 0 saturated heterocycles. The maximum atomic E-state index is 5.42. The number of nitrogens with one attached hydrogen (secondary N) is 1. The van der Waals surface area contributed by atoms with Crippen molar-refractivity contribution in [3.63, 3.8) is 0 Å². The third kappa shape index (κ3) is 2.51. The summed E-state index contributed by atoms with van der Waals surface area (Å²) in [6, 6.07) is 5.96. The highest BCUT2D eigenvalue weighted by Gasteiger charge is 2.39. The topological polar surface area (TPSA) is 30.5 Å². The highest BCUT2D eigenvalue weighted by Crippen LogP contribution is 2.48. The van der Waals surface area contributed by atoms with Gasteiger partial charge in [-0.15, -0.1) is 0 Å². The maximum absolute atomic E-state index is 5.42. The van der Waals surface area contributed by atoms with Gasteiger partial charge < -0.3 is 14.8 Å². The van der Waals surface area contributed by atoms with Gasteiger partial charge in [-0.05, 0) is 49.1 Å². The summed E-state index contributed by atoms with van der Waals surface area (Å²) >= 11 is 0. The summed E-state index contributed by atoms with van der Waals surface area (Å²) in [7, 11) is 3.38. The van der Waals surface area contributed by atoms with Gasteiger partial charge in [-0.25, -0.2) is 0 Å². The molecule has 1 aromatic rings. The first-order valence-corrected chi connectivity index (χ1v) is 7.26.